The molecule has 1 aromatic rings. The topological polar surface area (TPSA) is 21.7 Å². The molecule has 38 heavy (non-hydrogen) atoms. The molecule has 0 aromatic heterocycles. The molecule has 0 N–H and O–H groups in total. The van der Waals surface area contributed by atoms with Gasteiger partial charge in [0.25, 0.3) is 0 Å². The van der Waals surface area contributed by atoms with E-state index in [1.165, 1.54) is 11.1 Å². The predicted octanol–water partition coefficient (Wildman–Crippen LogP) is 8.40. The first-order chi connectivity index (χ1) is 18.4. The Morgan fingerprint density at radius 2 is 1.95 bits per heavy atom. The predicted molar refractivity (Wildman–Crippen MR) is 165 cm³/mol. The van der Waals surface area contributed by atoms with Gasteiger partial charge >= 0.3 is 0 Å². The third-order valence-corrected chi connectivity index (χ3v) is 6.30. The summed E-state index contributed by atoms with van der Waals surface area (Å²) in [6.45, 7) is 20.1. The fourth-order valence-corrected chi connectivity index (χ4v) is 3.94. The molecule has 0 fully saturated rings. The van der Waals surface area contributed by atoms with Crippen molar-refractivity contribution in [2.75, 3.05) is 33.4 Å². The molecule has 0 amide bonds. The van der Waals surface area contributed by atoms with Crippen LogP contribution in [-0.4, -0.2) is 38.3 Å². The second kappa shape index (κ2) is 19.8. The molecule has 1 rings (SSSR count). The van der Waals surface area contributed by atoms with Crippen LogP contribution in [0.25, 0.3) is 0 Å². The number of benzene rings is 1. The lowest BCUT2D eigenvalue weighted by Crippen LogP contribution is -2.27. The van der Waals surface area contributed by atoms with Crippen LogP contribution in [0.4, 0.5) is 0 Å². The van der Waals surface area contributed by atoms with Gasteiger partial charge < -0.3 is 9.47 Å². The second-order valence-corrected chi connectivity index (χ2v) is 9.30. The summed E-state index contributed by atoms with van der Waals surface area (Å²) in [4.78, 5) is 2.42. The van der Waals surface area contributed by atoms with Gasteiger partial charge in [-0.15, -0.1) is 5.92 Å². The van der Waals surface area contributed by atoms with Gasteiger partial charge in [-0.3, -0.25) is 4.90 Å². The van der Waals surface area contributed by atoms with Gasteiger partial charge in [-0.2, -0.15) is 0 Å². The maximum Gasteiger partial charge on any atom is 0.119 e. The molecular weight excluding hydrogens is 466 g/mol. The molecular formula is C35H49NO2. The maximum atomic E-state index is 6.11. The van der Waals surface area contributed by atoms with E-state index in [0.717, 1.165) is 61.6 Å². The van der Waals surface area contributed by atoms with Gasteiger partial charge in [0.2, 0.25) is 0 Å². The van der Waals surface area contributed by atoms with Crippen LogP contribution in [0.5, 0.6) is 5.75 Å². The van der Waals surface area contributed by atoms with Gasteiger partial charge in [-0.25, -0.2) is 0 Å². The minimum Gasteiger partial charge on any atom is -0.497 e. The van der Waals surface area contributed by atoms with Crippen molar-refractivity contribution < 1.29 is 9.47 Å². The van der Waals surface area contributed by atoms with Crippen molar-refractivity contribution in [1.29, 1.82) is 0 Å². The highest BCUT2D eigenvalue weighted by atomic mass is 16.5. The van der Waals surface area contributed by atoms with Crippen molar-refractivity contribution >= 4 is 0 Å². The summed E-state index contributed by atoms with van der Waals surface area (Å²) in [5, 5.41) is 0. The van der Waals surface area contributed by atoms with Crippen LogP contribution < -0.4 is 4.74 Å². The van der Waals surface area contributed by atoms with Crippen molar-refractivity contribution in [2.24, 2.45) is 5.92 Å². The summed E-state index contributed by atoms with van der Waals surface area (Å²) < 4.78 is 11.5. The van der Waals surface area contributed by atoms with Gasteiger partial charge in [0, 0.05) is 19.0 Å². The van der Waals surface area contributed by atoms with Gasteiger partial charge in [-0.05, 0) is 93.6 Å². The lowest BCUT2D eigenvalue weighted by Gasteiger charge is -2.21. The number of nitrogens with zero attached hydrogens (tertiary/aromatic N) is 1. The van der Waals surface area contributed by atoms with E-state index in [1.54, 1.807) is 7.11 Å². The van der Waals surface area contributed by atoms with Gasteiger partial charge in [-0.1, -0.05) is 75.3 Å². The Balaban J connectivity index is 2.69. The van der Waals surface area contributed by atoms with Crippen molar-refractivity contribution in [3.63, 3.8) is 0 Å². The van der Waals surface area contributed by atoms with Crippen LogP contribution in [0.1, 0.15) is 58.6 Å². The lowest BCUT2D eigenvalue weighted by atomic mass is 10.0. The third-order valence-electron chi connectivity index (χ3n) is 6.30. The molecule has 1 atom stereocenters. The second-order valence-electron chi connectivity index (χ2n) is 9.30. The molecule has 0 aliphatic carbocycles. The van der Waals surface area contributed by atoms with Gasteiger partial charge in [0.05, 0.1) is 7.11 Å². The largest absolute Gasteiger partial charge is 0.497 e. The molecule has 206 valence electrons. The van der Waals surface area contributed by atoms with E-state index < -0.39 is 0 Å². The molecule has 3 nitrogen and oxygen atoms in total. The van der Waals surface area contributed by atoms with Crippen LogP contribution in [0.15, 0.2) is 90.3 Å². The average molecular weight is 516 g/mol. The first-order valence-corrected chi connectivity index (χ1v) is 13.8. The van der Waals surface area contributed by atoms with Crippen LogP contribution in [-0.2, 0) is 11.2 Å². The summed E-state index contributed by atoms with van der Waals surface area (Å²) >= 11 is 0. The normalized spacial score (nSPS) is 13.4. The van der Waals surface area contributed by atoms with E-state index in [4.69, 9.17) is 9.47 Å². The van der Waals surface area contributed by atoms with Gasteiger partial charge in [0.15, 0.2) is 0 Å². The van der Waals surface area contributed by atoms with Crippen LogP contribution in [0, 0.1) is 24.7 Å². The Morgan fingerprint density at radius 1 is 1.16 bits per heavy atom. The molecule has 0 aliphatic rings. The van der Waals surface area contributed by atoms with Crippen LogP contribution in [0.2, 0.25) is 0 Å². The van der Waals surface area contributed by atoms with Crippen molar-refractivity contribution in [1.82, 2.24) is 4.90 Å². The Labute approximate surface area is 233 Å². The molecule has 0 bridgehead atoms. The van der Waals surface area contributed by atoms with E-state index in [1.807, 2.05) is 45.1 Å². The summed E-state index contributed by atoms with van der Waals surface area (Å²) in [6.07, 6.45) is 19.7. The number of aryl methyl sites for hydroxylation is 1. The zero-order valence-electron chi connectivity index (χ0n) is 24.8. The maximum absolute atomic E-state index is 6.11. The number of likely N-dealkylation sites (N-methyl/N-ethyl adjacent to an activating group) is 1. The van der Waals surface area contributed by atoms with Gasteiger partial charge in [0.1, 0.15) is 18.1 Å². The molecule has 0 radical (unpaired) electrons. The highest BCUT2D eigenvalue weighted by molar-refractivity contribution is 5.35. The first kappa shape index (κ1) is 32.8. The molecule has 3 heteroatoms. The third kappa shape index (κ3) is 13.4. The Morgan fingerprint density at radius 3 is 2.58 bits per heavy atom. The average Bonchev–Trinajstić information content (AvgIpc) is 2.91. The summed E-state index contributed by atoms with van der Waals surface area (Å²) in [5.74, 6) is 8.32. The summed E-state index contributed by atoms with van der Waals surface area (Å²) in [5.41, 5.74) is 4.83. The molecule has 0 aliphatic heterocycles. The van der Waals surface area contributed by atoms with Crippen molar-refractivity contribution in [2.45, 2.75) is 60.8 Å². The molecule has 0 saturated heterocycles. The standard InChI is InChI=1S/C35H49NO2/c1-9-15-32(16-10-2)18-14-19-34(17-11-3)38-28-31(12-4)22-20-29(6)27-36(13-5)25-24-33-26-35(37-8)23-21-30(33)7/h11-12,14,17-23,26,32H,6,9,13,15,24-25,27-28H2,1-5,7-8H3/b17-11-,18-14+,22-20-,31-12+,34-19+. The number of allylic oxidation sites excluding steroid dienone is 6. The molecule has 0 saturated carbocycles. The quantitative estimate of drug-likeness (QED) is 0.118. The molecule has 0 heterocycles. The van der Waals surface area contributed by atoms with Crippen LogP contribution in [0.3, 0.4) is 0 Å². The SMILES string of the molecule is C=C(/C=C\C(=C/C)COC(/C=C\C)=C/C=C/C(C#CC)CCC)CN(CC)CCc1cc(OC)ccc1C. The highest BCUT2D eigenvalue weighted by Gasteiger charge is 2.07. The zero-order chi connectivity index (χ0) is 28.2. The zero-order valence-corrected chi connectivity index (χ0v) is 24.8. The minimum absolute atomic E-state index is 0.287. The van der Waals surface area contributed by atoms with E-state index in [-0.39, 0.29) is 5.92 Å². The Hall–Kier alpha value is -3.22. The highest BCUT2D eigenvalue weighted by Crippen LogP contribution is 2.18. The Kier molecular flexibility index (Phi) is 17.1. The number of rotatable bonds is 17. The smallest absolute Gasteiger partial charge is 0.119 e. The molecule has 0 spiro atoms. The van der Waals surface area contributed by atoms with E-state index in [0.29, 0.717) is 6.61 Å². The molecule has 1 unspecified atom stereocenters. The summed E-state index contributed by atoms with van der Waals surface area (Å²) in [7, 11) is 1.72. The Bertz CT molecular complexity index is 1060. The van der Waals surface area contributed by atoms with Crippen LogP contribution >= 0.6 is 0 Å². The number of hydrogen-bond donors (Lipinski definition) is 0. The first-order valence-electron chi connectivity index (χ1n) is 13.8. The van der Waals surface area contributed by atoms with E-state index in [9.17, 15) is 0 Å². The van der Waals surface area contributed by atoms with E-state index >= 15 is 0 Å². The van der Waals surface area contributed by atoms with E-state index in [2.05, 4.69) is 86.6 Å². The summed E-state index contributed by atoms with van der Waals surface area (Å²) in [6, 6.07) is 6.29. The molecule has 1 aromatic carbocycles. The lowest BCUT2D eigenvalue weighted by molar-refractivity contribution is 0.255. The van der Waals surface area contributed by atoms with Crippen molar-refractivity contribution in [3.8, 4) is 17.6 Å². The fourth-order valence-electron chi connectivity index (χ4n) is 3.94. The fraction of sp³-hybridized carbons (Fsp3) is 0.429. The number of hydrogen-bond acceptors (Lipinski definition) is 3. The van der Waals surface area contributed by atoms with Crippen molar-refractivity contribution in [3.05, 3.63) is 101 Å². The monoisotopic (exact) mass is 515 g/mol. The number of ether oxygens (including phenoxy) is 2. The minimum atomic E-state index is 0.287. The number of methoxy groups -OCH3 is 1.